The number of carbonyl (C=O) groups is 1. The molecule has 0 spiro atoms. The number of ether oxygens (including phenoxy) is 1. The number of aryl methyl sites for hydroxylation is 1. The lowest BCUT2D eigenvalue weighted by molar-refractivity contribution is 0.0992. The predicted molar refractivity (Wildman–Crippen MR) is 102 cm³/mol. The quantitative estimate of drug-likeness (QED) is 0.682. The molecule has 0 aliphatic carbocycles. The van der Waals surface area contributed by atoms with Gasteiger partial charge in [0, 0.05) is 23.7 Å². The number of thiazole rings is 1. The third-order valence-corrected chi connectivity index (χ3v) is 4.62. The summed E-state index contributed by atoms with van der Waals surface area (Å²) in [7, 11) is 1.68. The second-order valence-corrected chi connectivity index (χ2v) is 6.76. The van der Waals surface area contributed by atoms with Crippen LogP contribution in [-0.2, 0) is 6.61 Å². The number of anilines is 1. The Morgan fingerprint density at radius 3 is 2.81 bits per heavy atom. The summed E-state index contributed by atoms with van der Waals surface area (Å²) in [5, 5.41) is 12.0. The summed E-state index contributed by atoms with van der Waals surface area (Å²) in [6, 6.07) is 16.1. The van der Waals surface area contributed by atoms with Crippen molar-refractivity contribution in [2.24, 2.45) is 0 Å². The molecule has 0 saturated heterocycles. The van der Waals surface area contributed by atoms with Crippen molar-refractivity contribution in [1.29, 1.82) is 5.26 Å². The van der Waals surface area contributed by atoms with E-state index in [2.05, 4.69) is 11.1 Å². The first-order valence-corrected chi connectivity index (χ1v) is 8.87. The predicted octanol–water partition coefficient (Wildman–Crippen LogP) is 4.18. The van der Waals surface area contributed by atoms with Gasteiger partial charge >= 0.3 is 0 Å². The molecule has 0 bridgehead atoms. The maximum Gasteiger partial charge on any atom is 0.258 e. The SMILES string of the molecule is Cc1nc(COc2cccc(C(=O)N(C)c3cccc(C#N)c3)c2)cs1. The van der Waals surface area contributed by atoms with Gasteiger partial charge in [-0.15, -0.1) is 11.3 Å². The summed E-state index contributed by atoms with van der Waals surface area (Å²) < 4.78 is 5.75. The summed E-state index contributed by atoms with van der Waals surface area (Å²) in [6.45, 7) is 2.31. The fourth-order valence-corrected chi connectivity index (χ4v) is 3.04. The summed E-state index contributed by atoms with van der Waals surface area (Å²) in [5.74, 6) is 0.440. The monoisotopic (exact) mass is 363 g/mol. The van der Waals surface area contributed by atoms with Gasteiger partial charge < -0.3 is 9.64 Å². The van der Waals surface area contributed by atoms with Gasteiger partial charge in [-0.1, -0.05) is 12.1 Å². The highest BCUT2D eigenvalue weighted by Gasteiger charge is 2.14. The molecule has 26 heavy (non-hydrogen) atoms. The molecule has 1 heterocycles. The standard InChI is InChI=1S/C20H17N3O2S/c1-14-22-17(13-26-14)12-25-19-8-4-6-16(10-19)20(24)23(2)18-7-3-5-15(9-18)11-21/h3-10,13H,12H2,1-2H3. The highest BCUT2D eigenvalue weighted by Crippen LogP contribution is 2.20. The van der Waals surface area contributed by atoms with E-state index in [9.17, 15) is 4.79 Å². The first-order chi connectivity index (χ1) is 12.6. The van der Waals surface area contributed by atoms with E-state index in [4.69, 9.17) is 10.00 Å². The molecule has 0 atom stereocenters. The summed E-state index contributed by atoms with van der Waals surface area (Å²) >= 11 is 1.58. The van der Waals surface area contributed by atoms with Gasteiger partial charge in [0.05, 0.1) is 22.3 Å². The molecule has 3 aromatic rings. The maximum absolute atomic E-state index is 12.8. The molecular formula is C20H17N3O2S. The van der Waals surface area contributed by atoms with E-state index in [0.717, 1.165) is 10.7 Å². The Labute approximate surface area is 156 Å². The molecule has 0 N–H and O–H groups in total. The van der Waals surface area contributed by atoms with Gasteiger partial charge in [0.1, 0.15) is 12.4 Å². The van der Waals surface area contributed by atoms with Crippen LogP contribution in [-0.4, -0.2) is 17.9 Å². The number of hydrogen-bond acceptors (Lipinski definition) is 5. The van der Waals surface area contributed by atoms with Crippen molar-refractivity contribution in [1.82, 2.24) is 4.98 Å². The van der Waals surface area contributed by atoms with E-state index in [1.54, 1.807) is 60.8 Å². The van der Waals surface area contributed by atoms with Crippen LogP contribution >= 0.6 is 11.3 Å². The molecule has 0 unspecified atom stereocenters. The van der Waals surface area contributed by atoms with Gasteiger partial charge in [-0.3, -0.25) is 4.79 Å². The average Bonchev–Trinajstić information content (AvgIpc) is 3.10. The topological polar surface area (TPSA) is 66.2 Å². The minimum atomic E-state index is -0.171. The van der Waals surface area contributed by atoms with Crippen molar-refractivity contribution in [3.8, 4) is 11.8 Å². The molecule has 0 fully saturated rings. The summed E-state index contributed by atoms with van der Waals surface area (Å²) in [6.07, 6.45) is 0. The molecule has 0 aliphatic heterocycles. The smallest absolute Gasteiger partial charge is 0.258 e. The van der Waals surface area contributed by atoms with Crippen LogP contribution in [0.25, 0.3) is 0 Å². The second-order valence-electron chi connectivity index (χ2n) is 5.70. The Kier molecular flexibility index (Phi) is 5.30. The Balaban J connectivity index is 1.74. The minimum Gasteiger partial charge on any atom is -0.487 e. The van der Waals surface area contributed by atoms with Gasteiger partial charge in [0.2, 0.25) is 0 Å². The summed E-state index contributed by atoms with van der Waals surface area (Å²) in [5.41, 5.74) is 2.56. The van der Waals surface area contributed by atoms with Crippen LogP contribution in [0.5, 0.6) is 5.75 Å². The van der Waals surface area contributed by atoms with Crippen molar-refractivity contribution in [3.63, 3.8) is 0 Å². The van der Waals surface area contributed by atoms with Crippen LogP contribution in [0.15, 0.2) is 53.9 Å². The summed E-state index contributed by atoms with van der Waals surface area (Å²) in [4.78, 5) is 18.6. The molecule has 0 saturated carbocycles. The fraction of sp³-hybridized carbons (Fsp3) is 0.150. The van der Waals surface area contributed by atoms with E-state index < -0.39 is 0 Å². The number of aromatic nitrogens is 1. The highest BCUT2D eigenvalue weighted by molar-refractivity contribution is 7.09. The van der Waals surface area contributed by atoms with Crippen molar-refractivity contribution in [2.75, 3.05) is 11.9 Å². The lowest BCUT2D eigenvalue weighted by Gasteiger charge is -2.18. The maximum atomic E-state index is 12.8. The zero-order chi connectivity index (χ0) is 18.5. The van der Waals surface area contributed by atoms with Gasteiger partial charge in [-0.2, -0.15) is 5.26 Å². The first-order valence-electron chi connectivity index (χ1n) is 7.99. The van der Waals surface area contributed by atoms with Gasteiger partial charge in [-0.25, -0.2) is 4.98 Å². The molecule has 6 heteroatoms. The third kappa shape index (κ3) is 4.08. The van der Waals surface area contributed by atoms with Crippen LogP contribution < -0.4 is 9.64 Å². The molecule has 5 nitrogen and oxygen atoms in total. The van der Waals surface area contributed by atoms with Crippen molar-refractivity contribution in [3.05, 3.63) is 75.7 Å². The van der Waals surface area contributed by atoms with E-state index in [1.807, 2.05) is 18.4 Å². The van der Waals surface area contributed by atoms with Crippen LogP contribution in [0.3, 0.4) is 0 Å². The van der Waals surface area contributed by atoms with E-state index >= 15 is 0 Å². The van der Waals surface area contributed by atoms with Crippen molar-refractivity contribution < 1.29 is 9.53 Å². The van der Waals surface area contributed by atoms with Crippen LogP contribution in [0, 0.1) is 18.3 Å². The number of amides is 1. The average molecular weight is 363 g/mol. The number of nitriles is 1. The Morgan fingerprint density at radius 2 is 2.08 bits per heavy atom. The second kappa shape index (κ2) is 7.81. The zero-order valence-corrected chi connectivity index (χ0v) is 15.3. The number of rotatable bonds is 5. The van der Waals surface area contributed by atoms with Crippen LogP contribution in [0.2, 0.25) is 0 Å². The van der Waals surface area contributed by atoms with Gasteiger partial charge in [-0.05, 0) is 43.3 Å². The molecule has 0 aliphatic rings. The number of hydrogen-bond donors (Lipinski definition) is 0. The highest BCUT2D eigenvalue weighted by atomic mass is 32.1. The Morgan fingerprint density at radius 1 is 1.27 bits per heavy atom. The van der Waals surface area contributed by atoms with Crippen LogP contribution in [0.1, 0.15) is 26.6 Å². The normalized spacial score (nSPS) is 10.2. The molecule has 3 rings (SSSR count). The lowest BCUT2D eigenvalue weighted by atomic mass is 10.1. The Bertz CT molecular complexity index is 975. The molecular weight excluding hydrogens is 346 g/mol. The van der Waals surface area contributed by atoms with E-state index in [1.165, 1.54) is 4.90 Å². The fourth-order valence-electron chi connectivity index (χ4n) is 2.45. The van der Waals surface area contributed by atoms with Gasteiger partial charge in [0.15, 0.2) is 0 Å². The molecule has 130 valence electrons. The van der Waals surface area contributed by atoms with Crippen LogP contribution in [0.4, 0.5) is 5.69 Å². The molecule has 2 aromatic carbocycles. The van der Waals surface area contributed by atoms with Crippen molar-refractivity contribution in [2.45, 2.75) is 13.5 Å². The third-order valence-electron chi connectivity index (χ3n) is 3.80. The van der Waals surface area contributed by atoms with Gasteiger partial charge in [0.25, 0.3) is 5.91 Å². The minimum absolute atomic E-state index is 0.171. The molecule has 1 aromatic heterocycles. The van der Waals surface area contributed by atoms with E-state index in [-0.39, 0.29) is 5.91 Å². The largest absolute Gasteiger partial charge is 0.487 e. The van der Waals surface area contributed by atoms with E-state index in [0.29, 0.717) is 29.2 Å². The molecule has 0 radical (unpaired) electrons. The number of nitrogens with zero attached hydrogens (tertiary/aromatic N) is 3. The zero-order valence-electron chi connectivity index (χ0n) is 14.5. The number of carbonyl (C=O) groups excluding carboxylic acids is 1. The van der Waals surface area contributed by atoms with Crippen molar-refractivity contribution >= 4 is 22.9 Å². The molecule has 1 amide bonds. The first kappa shape index (κ1) is 17.6. The Hall–Kier alpha value is -3.17. The number of benzene rings is 2. The lowest BCUT2D eigenvalue weighted by Crippen LogP contribution is -2.26.